The van der Waals surface area contributed by atoms with Crippen LogP contribution in [0.4, 0.5) is 0 Å². The van der Waals surface area contributed by atoms with Gasteiger partial charge in [-0.15, -0.1) is 5.10 Å². The van der Waals surface area contributed by atoms with Crippen molar-refractivity contribution in [3.05, 3.63) is 53.6 Å². The fourth-order valence-electron chi connectivity index (χ4n) is 2.20. The van der Waals surface area contributed by atoms with E-state index in [2.05, 4.69) is 15.2 Å². The van der Waals surface area contributed by atoms with Gasteiger partial charge in [-0.3, -0.25) is 5.10 Å². The number of nitrogens with zero attached hydrogens (tertiary/aromatic N) is 2. The molecule has 1 aromatic heterocycles. The van der Waals surface area contributed by atoms with E-state index >= 15 is 0 Å². The summed E-state index contributed by atoms with van der Waals surface area (Å²) in [6.45, 7) is 0. The standard InChI is InChI=1S/C17H16ClN3O4S2/c1-24-15-8-7-12(18)11-14(15)16-19-17(21-20-16)26-9-10-27(22,23)25-13-5-3-2-4-6-13/h2-8,11H,9-10H2,1H3,(H,19,20,21). The van der Waals surface area contributed by atoms with Crippen LogP contribution in [-0.2, 0) is 10.1 Å². The van der Waals surface area contributed by atoms with Crippen LogP contribution in [0.1, 0.15) is 0 Å². The van der Waals surface area contributed by atoms with E-state index in [0.717, 1.165) is 0 Å². The molecule has 0 aliphatic carbocycles. The summed E-state index contributed by atoms with van der Waals surface area (Å²) in [5, 5.41) is 7.86. The molecule has 10 heteroatoms. The van der Waals surface area contributed by atoms with Crippen molar-refractivity contribution < 1.29 is 17.3 Å². The average Bonchev–Trinajstić information content (AvgIpc) is 3.10. The number of aromatic amines is 1. The summed E-state index contributed by atoms with van der Waals surface area (Å²) in [5.41, 5.74) is 0.671. The van der Waals surface area contributed by atoms with Gasteiger partial charge < -0.3 is 8.92 Å². The van der Waals surface area contributed by atoms with E-state index in [4.69, 9.17) is 20.5 Å². The first-order chi connectivity index (χ1) is 13.0. The zero-order chi connectivity index (χ0) is 19.3. The Hall–Kier alpha value is -2.23. The van der Waals surface area contributed by atoms with Gasteiger partial charge in [0.15, 0.2) is 5.82 Å². The molecule has 0 spiro atoms. The number of methoxy groups -OCH3 is 1. The molecule has 0 saturated heterocycles. The van der Waals surface area contributed by atoms with E-state index in [1.165, 1.54) is 11.8 Å². The lowest BCUT2D eigenvalue weighted by Crippen LogP contribution is -2.15. The van der Waals surface area contributed by atoms with Crippen LogP contribution in [0.25, 0.3) is 11.4 Å². The summed E-state index contributed by atoms with van der Waals surface area (Å²) in [5.74, 6) is 1.46. The second-order valence-electron chi connectivity index (χ2n) is 5.32. The lowest BCUT2D eigenvalue weighted by atomic mass is 10.2. The smallest absolute Gasteiger partial charge is 0.310 e. The Morgan fingerprint density at radius 2 is 1.96 bits per heavy atom. The topological polar surface area (TPSA) is 94.2 Å². The molecule has 7 nitrogen and oxygen atoms in total. The number of benzene rings is 2. The number of hydrogen-bond donors (Lipinski definition) is 1. The summed E-state index contributed by atoms with van der Waals surface area (Å²) >= 11 is 7.23. The predicted molar refractivity (Wildman–Crippen MR) is 105 cm³/mol. The van der Waals surface area contributed by atoms with Crippen molar-refractivity contribution in [3.8, 4) is 22.9 Å². The van der Waals surface area contributed by atoms with Gasteiger partial charge in [-0.25, -0.2) is 4.98 Å². The molecule has 0 aliphatic heterocycles. The molecule has 0 saturated carbocycles. The maximum atomic E-state index is 12.0. The van der Waals surface area contributed by atoms with Gasteiger partial charge in [0.2, 0.25) is 5.16 Å². The Bertz CT molecular complexity index is 1010. The van der Waals surface area contributed by atoms with E-state index in [-0.39, 0.29) is 17.3 Å². The minimum absolute atomic E-state index is 0.170. The molecule has 0 aliphatic rings. The summed E-state index contributed by atoms with van der Waals surface area (Å²) in [4.78, 5) is 4.36. The first-order valence-corrected chi connectivity index (χ1v) is 10.8. The predicted octanol–water partition coefficient (Wildman–Crippen LogP) is 3.63. The molecule has 3 rings (SSSR count). The van der Waals surface area contributed by atoms with Crippen LogP contribution >= 0.6 is 23.4 Å². The number of ether oxygens (including phenoxy) is 1. The van der Waals surface area contributed by atoms with Crippen molar-refractivity contribution in [2.75, 3.05) is 18.6 Å². The van der Waals surface area contributed by atoms with Gasteiger partial charge in [0.05, 0.1) is 18.4 Å². The fraction of sp³-hybridized carbons (Fsp3) is 0.176. The maximum absolute atomic E-state index is 12.0. The van der Waals surface area contributed by atoms with Crippen molar-refractivity contribution in [2.24, 2.45) is 0 Å². The number of para-hydroxylation sites is 1. The van der Waals surface area contributed by atoms with Crippen LogP contribution in [0.2, 0.25) is 5.02 Å². The zero-order valence-corrected chi connectivity index (χ0v) is 16.6. The Labute approximate surface area is 166 Å². The van der Waals surface area contributed by atoms with Crippen molar-refractivity contribution in [2.45, 2.75) is 5.16 Å². The van der Waals surface area contributed by atoms with Crippen LogP contribution in [0.3, 0.4) is 0 Å². The average molecular weight is 426 g/mol. The fourth-order valence-corrected chi connectivity index (χ4v) is 4.45. The molecule has 2 aromatic carbocycles. The Kier molecular flexibility index (Phi) is 6.25. The summed E-state index contributed by atoms with van der Waals surface area (Å²) in [7, 11) is -2.14. The molecule has 0 fully saturated rings. The molecular weight excluding hydrogens is 410 g/mol. The molecule has 0 atom stereocenters. The number of rotatable bonds is 8. The number of thioether (sulfide) groups is 1. The molecule has 0 radical (unpaired) electrons. The second kappa shape index (κ2) is 8.64. The number of hydrogen-bond acceptors (Lipinski definition) is 7. The van der Waals surface area contributed by atoms with Crippen molar-refractivity contribution in [1.82, 2.24) is 15.2 Å². The van der Waals surface area contributed by atoms with Gasteiger partial charge in [0, 0.05) is 10.8 Å². The SMILES string of the molecule is COc1ccc(Cl)cc1-c1nc(SCCS(=O)(=O)Oc2ccccc2)n[nH]1. The van der Waals surface area contributed by atoms with Crippen LogP contribution in [0.5, 0.6) is 11.5 Å². The Morgan fingerprint density at radius 1 is 1.19 bits per heavy atom. The Morgan fingerprint density at radius 3 is 2.70 bits per heavy atom. The lowest BCUT2D eigenvalue weighted by molar-refractivity contribution is 0.416. The normalized spacial score (nSPS) is 11.3. The monoisotopic (exact) mass is 425 g/mol. The zero-order valence-electron chi connectivity index (χ0n) is 14.3. The number of nitrogens with one attached hydrogen (secondary N) is 1. The quantitative estimate of drug-likeness (QED) is 0.435. The lowest BCUT2D eigenvalue weighted by Gasteiger charge is -2.06. The molecular formula is C17H16ClN3O4S2. The van der Waals surface area contributed by atoms with Gasteiger partial charge >= 0.3 is 10.1 Å². The van der Waals surface area contributed by atoms with Crippen LogP contribution in [-0.4, -0.2) is 42.2 Å². The van der Waals surface area contributed by atoms with Gasteiger partial charge in [-0.05, 0) is 30.3 Å². The summed E-state index contributed by atoms with van der Waals surface area (Å²) < 4.78 is 34.4. The minimum atomic E-state index is -3.69. The highest BCUT2D eigenvalue weighted by Gasteiger charge is 2.15. The van der Waals surface area contributed by atoms with E-state index in [0.29, 0.717) is 27.3 Å². The molecule has 1 heterocycles. The minimum Gasteiger partial charge on any atom is -0.496 e. The van der Waals surface area contributed by atoms with Gasteiger partial charge in [0.25, 0.3) is 0 Å². The molecule has 1 N–H and O–H groups in total. The van der Waals surface area contributed by atoms with Crippen LogP contribution < -0.4 is 8.92 Å². The maximum Gasteiger partial charge on any atom is 0.310 e. The number of halogens is 1. The van der Waals surface area contributed by atoms with E-state index in [9.17, 15) is 8.42 Å². The van der Waals surface area contributed by atoms with E-state index in [1.807, 2.05) is 0 Å². The Balaban J connectivity index is 1.61. The molecule has 0 unspecified atom stereocenters. The van der Waals surface area contributed by atoms with Crippen molar-refractivity contribution in [1.29, 1.82) is 0 Å². The largest absolute Gasteiger partial charge is 0.496 e. The summed E-state index contributed by atoms with van der Waals surface area (Å²) in [6.07, 6.45) is 0. The molecule has 142 valence electrons. The summed E-state index contributed by atoms with van der Waals surface area (Å²) in [6, 6.07) is 13.5. The van der Waals surface area contributed by atoms with Crippen LogP contribution in [0.15, 0.2) is 53.7 Å². The third-order valence-corrected chi connectivity index (χ3v) is 5.91. The molecule has 3 aromatic rings. The second-order valence-corrected chi connectivity index (χ2v) is 8.51. The van der Waals surface area contributed by atoms with Gasteiger partial charge in [0.1, 0.15) is 11.5 Å². The molecule has 0 bridgehead atoms. The van der Waals surface area contributed by atoms with E-state index in [1.54, 1.807) is 55.6 Å². The first-order valence-electron chi connectivity index (χ1n) is 7.83. The highest BCUT2D eigenvalue weighted by atomic mass is 35.5. The third-order valence-electron chi connectivity index (χ3n) is 3.41. The molecule has 0 amide bonds. The van der Waals surface area contributed by atoms with Gasteiger partial charge in [-0.1, -0.05) is 41.6 Å². The van der Waals surface area contributed by atoms with Crippen LogP contribution in [0, 0.1) is 0 Å². The molecule has 27 heavy (non-hydrogen) atoms. The van der Waals surface area contributed by atoms with Crippen molar-refractivity contribution in [3.63, 3.8) is 0 Å². The first kappa shape index (κ1) is 19.5. The van der Waals surface area contributed by atoms with E-state index < -0.39 is 10.1 Å². The number of aromatic nitrogens is 3. The third kappa shape index (κ3) is 5.38. The van der Waals surface area contributed by atoms with Gasteiger partial charge in [-0.2, -0.15) is 8.42 Å². The number of H-pyrrole nitrogens is 1. The highest BCUT2D eigenvalue weighted by Crippen LogP contribution is 2.31. The van der Waals surface area contributed by atoms with Crippen molar-refractivity contribution >= 4 is 33.5 Å². The highest BCUT2D eigenvalue weighted by molar-refractivity contribution is 8.00.